The molecule has 6 nitrogen and oxygen atoms in total. The molecule has 0 aliphatic heterocycles. The fraction of sp³-hybridized carbons (Fsp3) is 0.286. The molecule has 0 aliphatic rings. The normalized spacial score (nSPS) is 9.92. The fourth-order valence-electron chi connectivity index (χ4n) is 0.950. The Morgan fingerprint density at radius 2 is 2.31 bits per heavy atom. The maximum Gasteiger partial charge on any atom is 0.354 e. The molecule has 0 fully saturated rings. The van der Waals surface area contributed by atoms with Gasteiger partial charge in [0, 0.05) is 12.6 Å². The van der Waals surface area contributed by atoms with E-state index in [0.29, 0.717) is 6.54 Å². The van der Waals surface area contributed by atoms with Crippen molar-refractivity contribution in [2.75, 3.05) is 0 Å². The molecule has 0 unspecified atom stereocenters. The van der Waals surface area contributed by atoms with Gasteiger partial charge in [0.1, 0.15) is 5.69 Å². The van der Waals surface area contributed by atoms with Crippen molar-refractivity contribution in [1.29, 1.82) is 0 Å². The number of primary amides is 1. The Kier molecular flexibility index (Phi) is 2.32. The number of aromatic nitrogens is 2. The number of aryl methyl sites for hydroxylation is 1. The maximum atomic E-state index is 10.7. The fourth-order valence-corrected chi connectivity index (χ4v) is 0.950. The minimum absolute atomic E-state index is 0.0285. The predicted molar refractivity (Wildman–Crippen MR) is 43.4 cm³/mol. The minimum Gasteiger partial charge on any atom is -0.477 e. The highest BCUT2D eigenvalue weighted by molar-refractivity contribution is 5.94. The summed E-state index contributed by atoms with van der Waals surface area (Å²) in [6, 6.07) is 1.16. The van der Waals surface area contributed by atoms with Crippen LogP contribution >= 0.6 is 0 Å². The van der Waals surface area contributed by atoms with Crippen LogP contribution in [0.25, 0.3) is 0 Å². The molecule has 0 bridgehead atoms. The molecule has 0 radical (unpaired) electrons. The lowest BCUT2D eigenvalue weighted by Gasteiger charge is -1.96. The van der Waals surface area contributed by atoms with Gasteiger partial charge < -0.3 is 10.8 Å². The van der Waals surface area contributed by atoms with Crippen LogP contribution in [0.5, 0.6) is 0 Å². The first-order valence-corrected chi connectivity index (χ1v) is 3.67. The molecule has 0 saturated heterocycles. The highest BCUT2D eigenvalue weighted by atomic mass is 16.4. The van der Waals surface area contributed by atoms with E-state index >= 15 is 0 Å². The second kappa shape index (κ2) is 3.26. The van der Waals surface area contributed by atoms with Crippen LogP contribution in [0.4, 0.5) is 0 Å². The van der Waals surface area contributed by atoms with E-state index in [0.717, 1.165) is 6.07 Å². The van der Waals surface area contributed by atoms with E-state index in [1.54, 1.807) is 6.92 Å². The molecule has 0 saturated carbocycles. The largest absolute Gasteiger partial charge is 0.477 e. The zero-order valence-corrected chi connectivity index (χ0v) is 7.02. The Balaban J connectivity index is 3.19. The van der Waals surface area contributed by atoms with Gasteiger partial charge in [0.25, 0.3) is 5.91 Å². The molecule has 6 heteroatoms. The monoisotopic (exact) mass is 183 g/mol. The second-order valence-electron chi connectivity index (χ2n) is 2.40. The quantitative estimate of drug-likeness (QED) is 0.672. The van der Waals surface area contributed by atoms with Crippen LogP contribution in [0.1, 0.15) is 27.9 Å². The number of carbonyl (C=O) groups excluding carboxylic acids is 1. The molecule has 0 aliphatic carbocycles. The van der Waals surface area contributed by atoms with Gasteiger partial charge in [-0.15, -0.1) is 0 Å². The van der Waals surface area contributed by atoms with Crippen LogP contribution in [0, 0.1) is 0 Å². The van der Waals surface area contributed by atoms with E-state index in [1.165, 1.54) is 4.68 Å². The molecular formula is C7H9N3O3. The number of aromatic carboxylic acids is 1. The van der Waals surface area contributed by atoms with Crippen LogP contribution < -0.4 is 5.73 Å². The Labute approximate surface area is 74.0 Å². The molecule has 1 amide bonds. The summed E-state index contributed by atoms with van der Waals surface area (Å²) in [6.45, 7) is 2.11. The number of hydrogen-bond acceptors (Lipinski definition) is 3. The number of carboxylic acids is 1. The number of carbonyl (C=O) groups is 2. The zero-order chi connectivity index (χ0) is 10.0. The topological polar surface area (TPSA) is 98.2 Å². The van der Waals surface area contributed by atoms with Gasteiger partial charge >= 0.3 is 5.97 Å². The third kappa shape index (κ3) is 1.66. The molecule has 13 heavy (non-hydrogen) atoms. The van der Waals surface area contributed by atoms with Crippen LogP contribution in [0.15, 0.2) is 6.07 Å². The van der Waals surface area contributed by atoms with Gasteiger partial charge in [-0.3, -0.25) is 9.48 Å². The number of nitrogens with two attached hydrogens (primary N) is 1. The molecule has 1 rings (SSSR count). The zero-order valence-electron chi connectivity index (χ0n) is 7.02. The summed E-state index contributed by atoms with van der Waals surface area (Å²) in [5, 5.41) is 12.4. The molecular weight excluding hydrogens is 174 g/mol. The van der Waals surface area contributed by atoms with Crippen molar-refractivity contribution in [3.63, 3.8) is 0 Å². The Hall–Kier alpha value is -1.85. The lowest BCUT2D eigenvalue weighted by atomic mass is 10.3. The SMILES string of the molecule is CCn1nc(C(N)=O)cc1C(=O)O. The summed E-state index contributed by atoms with van der Waals surface area (Å²) in [5.41, 5.74) is 4.88. The Bertz CT molecular complexity index is 356. The highest BCUT2D eigenvalue weighted by Gasteiger charge is 2.15. The molecule has 1 aromatic heterocycles. The summed E-state index contributed by atoms with van der Waals surface area (Å²) in [4.78, 5) is 21.3. The molecule has 0 aromatic carbocycles. The predicted octanol–water partition coefficient (Wildman–Crippen LogP) is -0.300. The molecule has 1 aromatic rings. The van der Waals surface area contributed by atoms with Crippen LogP contribution in [-0.2, 0) is 6.54 Å². The van der Waals surface area contributed by atoms with Gasteiger partial charge in [-0.25, -0.2) is 4.79 Å². The number of nitrogens with zero attached hydrogens (tertiary/aromatic N) is 2. The van der Waals surface area contributed by atoms with Crippen molar-refractivity contribution >= 4 is 11.9 Å². The number of amides is 1. The highest BCUT2D eigenvalue weighted by Crippen LogP contribution is 2.03. The second-order valence-corrected chi connectivity index (χ2v) is 2.40. The minimum atomic E-state index is -1.12. The summed E-state index contributed by atoms with van der Waals surface area (Å²) in [5.74, 6) is -1.85. The van der Waals surface area contributed by atoms with Gasteiger partial charge in [-0.05, 0) is 6.92 Å². The summed E-state index contributed by atoms with van der Waals surface area (Å²) in [6.07, 6.45) is 0. The third-order valence-corrected chi connectivity index (χ3v) is 1.55. The summed E-state index contributed by atoms with van der Waals surface area (Å²) < 4.78 is 1.21. The Morgan fingerprint density at radius 1 is 1.69 bits per heavy atom. The first-order valence-electron chi connectivity index (χ1n) is 3.67. The summed E-state index contributed by atoms with van der Waals surface area (Å²) in [7, 11) is 0. The average Bonchev–Trinajstić information content (AvgIpc) is 2.47. The van der Waals surface area contributed by atoms with Crippen molar-refractivity contribution < 1.29 is 14.7 Å². The van der Waals surface area contributed by atoms with Crippen molar-refractivity contribution in [1.82, 2.24) is 9.78 Å². The van der Waals surface area contributed by atoms with Gasteiger partial charge in [0.2, 0.25) is 0 Å². The Morgan fingerprint density at radius 3 is 2.62 bits per heavy atom. The standard InChI is InChI=1S/C7H9N3O3/c1-2-10-5(7(12)13)3-4(9-10)6(8)11/h3H,2H2,1H3,(H2,8,11)(H,12,13). The smallest absolute Gasteiger partial charge is 0.354 e. The van der Waals surface area contributed by atoms with Gasteiger partial charge in [0.15, 0.2) is 5.69 Å². The van der Waals surface area contributed by atoms with Crippen LogP contribution in [0.3, 0.4) is 0 Å². The molecule has 0 atom stereocenters. The maximum absolute atomic E-state index is 10.7. The van der Waals surface area contributed by atoms with Crippen molar-refractivity contribution in [3.05, 3.63) is 17.5 Å². The van der Waals surface area contributed by atoms with Crippen molar-refractivity contribution in [2.45, 2.75) is 13.5 Å². The molecule has 70 valence electrons. The first kappa shape index (κ1) is 9.24. The van der Waals surface area contributed by atoms with E-state index in [9.17, 15) is 9.59 Å². The van der Waals surface area contributed by atoms with E-state index in [4.69, 9.17) is 10.8 Å². The van der Waals surface area contributed by atoms with Gasteiger partial charge in [0.05, 0.1) is 0 Å². The van der Waals surface area contributed by atoms with Crippen molar-refractivity contribution in [3.8, 4) is 0 Å². The third-order valence-electron chi connectivity index (χ3n) is 1.55. The summed E-state index contributed by atoms with van der Waals surface area (Å²) >= 11 is 0. The lowest BCUT2D eigenvalue weighted by Crippen LogP contribution is -2.12. The number of rotatable bonds is 3. The van der Waals surface area contributed by atoms with E-state index in [2.05, 4.69) is 5.10 Å². The van der Waals surface area contributed by atoms with Crippen LogP contribution in [0.2, 0.25) is 0 Å². The van der Waals surface area contributed by atoms with E-state index in [-0.39, 0.29) is 11.4 Å². The number of carboxylic acid groups (broad SMARTS) is 1. The van der Waals surface area contributed by atoms with Crippen LogP contribution in [-0.4, -0.2) is 26.8 Å². The van der Waals surface area contributed by atoms with Crippen molar-refractivity contribution in [2.24, 2.45) is 5.73 Å². The molecule has 0 spiro atoms. The van der Waals surface area contributed by atoms with E-state index < -0.39 is 11.9 Å². The van der Waals surface area contributed by atoms with Gasteiger partial charge in [-0.2, -0.15) is 5.10 Å². The molecule has 3 N–H and O–H groups in total. The number of hydrogen-bond donors (Lipinski definition) is 2. The first-order chi connectivity index (χ1) is 6.06. The van der Waals surface area contributed by atoms with E-state index in [1.807, 2.05) is 0 Å². The molecule has 1 heterocycles. The average molecular weight is 183 g/mol. The van der Waals surface area contributed by atoms with Gasteiger partial charge in [-0.1, -0.05) is 0 Å². The lowest BCUT2D eigenvalue weighted by molar-refractivity contribution is 0.0683.